The number of alkyl halides is 2. The van der Waals surface area contributed by atoms with Gasteiger partial charge in [0.15, 0.2) is 0 Å². The van der Waals surface area contributed by atoms with E-state index in [2.05, 4.69) is 32.3 Å². The maximum Gasteiger partial charge on any atom is 0.255 e. The molecule has 1 aliphatic heterocycles. The van der Waals surface area contributed by atoms with Gasteiger partial charge in [-0.25, -0.2) is 13.8 Å². The van der Waals surface area contributed by atoms with Gasteiger partial charge in [0.05, 0.1) is 17.5 Å². The second kappa shape index (κ2) is 7.83. The number of hydrogen-bond acceptors (Lipinski definition) is 6. The van der Waals surface area contributed by atoms with Crippen LogP contribution in [0.5, 0.6) is 0 Å². The second-order valence-electron chi connectivity index (χ2n) is 6.57. The summed E-state index contributed by atoms with van der Waals surface area (Å²) in [6, 6.07) is 0. The fourth-order valence-electron chi connectivity index (χ4n) is 2.92. The van der Waals surface area contributed by atoms with Crippen LogP contribution in [0.15, 0.2) is 31.4 Å². The lowest BCUT2D eigenvalue weighted by Gasteiger charge is -2.32. The van der Waals surface area contributed by atoms with Crippen molar-refractivity contribution in [1.82, 2.24) is 30.4 Å². The molecular weight excluding hydrogens is 352 g/mol. The SMILES string of the molecule is C=C(/C=c1/nccn/c1=C(/N)NCC1CNCCC1(F)F)c1cnn(C)c1. The predicted molar refractivity (Wildman–Crippen MR) is 99.5 cm³/mol. The first-order valence-corrected chi connectivity index (χ1v) is 8.65. The van der Waals surface area contributed by atoms with Gasteiger partial charge in [0, 0.05) is 57.3 Å². The van der Waals surface area contributed by atoms with Gasteiger partial charge in [-0.2, -0.15) is 5.10 Å². The molecule has 9 heteroatoms. The lowest BCUT2D eigenvalue weighted by Crippen LogP contribution is -2.50. The molecule has 0 amide bonds. The Morgan fingerprint density at radius 2 is 2.26 bits per heavy atom. The van der Waals surface area contributed by atoms with Crippen molar-refractivity contribution in [2.75, 3.05) is 19.6 Å². The lowest BCUT2D eigenvalue weighted by molar-refractivity contribution is -0.0758. The summed E-state index contributed by atoms with van der Waals surface area (Å²) in [5.41, 5.74) is 7.63. The van der Waals surface area contributed by atoms with Crippen molar-refractivity contribution in [2.24, 2.45) is 18.7 Å². The van der Waals surface area contributed by atoms with E-state index >= 15 is 0 Å². The average molecular weight is 375 g/mol. The van der Waals surface area contributed by atoms with E-state index in [1.165, 1.54) is 6.20 Å². The normalized spacial score (nSPS) is 21.0. The zero-order valence-electron chi connectivity index (χ0n) is 15.1. The lowest BCUT2D eigenvalue weighted by atomic mass is 9.95. The number of allylic oxidation sites excluding steroid dienone is 1. The predicted octanol–water partition coefficient (Wildman–Crippen LogP) is -0.437. The number of rotatable bonds is 5. The first-order chi connectivity index (χ1) is 12.9. The van der Waals surface area contributed by atoms with Gasteiger partial charge < -0.3 is 16.4 Å². The van der Waals surface area contributed by atoms with Crippen LogP contribution in [-0.4, -0.2) is 45.3 Å². The van der Waals surface area contributed by atoms with Crippen molar-refractivity contribution in [1.29, 1.82) is 0 Å². The molecule has 0 saturated carbocycles. The molecule has 1 saturated heterocycles. The van der Waals surface area contributed by atoms with Gasteiger partial charge in [-0.3, -0.25) is 9.67 Å². The molecule has 3 heterocycles. The topological polar surface area (TPSA) is 93.7 Å². The van der Waals surface area contributed by atoms with Gasteiger partial charge in [-0.1, -0.05) is 6.58 Å². The molecule has 27 heavy (non-hydrogen) atoms. The number of nitrogens with zero attached hydrogens (tertiary/aromatic N) is 4. The van der Waals surface area contributed by atoms with Gasteiger partial charge in [-0.05, 0) is 11.6 Å². The Morgan fingerprint density at radius 3 is 2.96 bits per heavy atom. The van der Waals surface area contributed by atoms with Gasteiger partial charge in [0.25, 0.3) is 5.92 Å². The Bertz CT molecular complexity index is 935. The van der Waals surface area contributed by atoms with Crippen LogP contribution in [0, 0.1) is 5.92 Å². The molecular formula is C18H23F2N7. The largest absolute Gasteiger partial charge is 0.384 e. The van der Waals surface area contributed by atoms with E-state index in [1.54, 1.807) is 23.2 Å². The fourth-order valence-corrected chi connectivity index (χ4v) is 2.92. The number of nitrogens with one attached hydrogen (secondary N) is 2. The Labute approximate surface area is 155 Å². The zero-order valence-corrected chi connectivity index (χ0v) is 15.1. The van der Waals surface area contributed by atoms with E-state index in [4.69, 9.17) is 5.73 Å². The molecule has 2 aromatic heterocycles. The molecule has 4 N–H and O–H groups in total. The third kappa shape index (κ3) is 4.48. The summed E-state index contributed by atoms with van der Waals surface area (Å²) in [5, 5.41) is 10.9. The maximum absolute atomic E-state index is 14.0. The van der Waals surface area contributed by atoms with E-state index in [-0.39, 0.29) is 25.3 Å². The van der Waals surface area contributed by atoms with Crippen LogP contribution in [0.2, 0.25) is 0 Å². The number of aryl methyl sites for hydroxylation is 1. The third-order valence-electron chi connectivity index (χ3n) is 4.53. The van der Waals surface area contributed by atoms with Crippen LogP contribution in [0.25, 0.3) is 17.5 Å². The summed E-state index contributed by atoms with van der Waals surface area (Å²) < 4.78 is 29.6. The van der Waals surface area contributed by atoms with Crippen molar-refractivity contribution in [3.8, 4) is 0 Å². The monoisotopic (exact) mass is 375 g/mol. The Balaban J connectivity index is 1.85. The minimum Gasteiger partial charge on any atom is -0.384 e. The summed E-state index contributed by atoms with van der Waals surface area (Å²) in [5.74, 6) is -3.35. The highest BCUT2D eigenvalue weighted by Crippen LogP contribution is 2.29. The van der Waals surface area contributed by atoms with Crippen LogP contribution in [0.3, 0.4) is 0 Å². The molecule has 7 nitrogen and oxygen atoms in total. The van der Waals surface area contributed by atoms with Gasteiger partial charge in [0.1, 0.15) is 11.2 Å². The highest BCUT2D eigenvalue weighted by atomic mass is 19.3. The van der Waals surface area contributed by atoms with Crippen molar-refractivity contribution in [3.63, 3.8) is 0 Å². The number of halogens is 2. The van der Waals surface area contributed by atoms with Crippen LogP contribution in [0.1, 0.15) is 12.0 Å². The van der Waals surface area contributed by atoms with Crippen LogP contribution < -0.4 is 27.1 Å². The summed E-state index contributed by atoms with van der Waals surface area (Å²) in [7, 11) is 1.82. The van der Waals surface area contributed by atoms with Crippen LogP contribution >= 0.6 is 0 Å². The molecule has 0 bridgehead atoms. The van der Waals surface area contributed by atoms with E-state index in [0.29, 0.717) is 22.8 Å². The quantitative estimate of drug-likeness (QED) is 0.656. The van der Waals surface area contributed by atoms with Crippen molar-refractivity contribution >= 4 is 17.5 Å². The molecule has 0 spiro atoms. The average Bonchev–Trinajstić information content (AvgIpc) is 3.07. The van der Waals surface area contributed by atoms with Crippen molar-refractivity contribution in [2.45, 2.75) is 12.3 Å². The number of hydrogen-bond donors (Lipinski definition) is 3. The molecule has 0 radical (unpaired) electrons. The summed E-state index contributed by atoms with van der Waals surface area (Å²) in [4.78, 5) is 8.54. The summed E-state index contributed by atoms with van der Waals surface area (Å²) in [6.45, 7) is 4.63. The van der Waals surface area contributed by atoms with Gasteiger partial charge >= 0.3 is 0 Å². The standard InChI is InChI=1S/C18H23F2N7/c1-12(13-8-26-27(2)11-13)7-15-16(24-6-5-23-15)17(21)25-10-14-9-22-4-3-18(14,19)20/h5-8,11,14,22,25H,1,3-4,9-10,21H2,2H3/b15-7+,17-16-. The Morgan fingerprint density at radius 1 is 1.48 bits per heavy atom. The maximum atomic E-state index is 14.0. The molecule has 0 aromatic carbocycles. The summed E-state index contributed by atoms with van der Waals surface area (Å²) in [6.07, 6.45) is 8.14. The van der Waals surface area contributed by atoms with E-state index in [9.17, 15) is 8.78 Å². The number of aromatic nitrogens is 4. The van der Waals surface area contributed by atoms with E-state index in [1.807, 2.05) is 13.2 Å². The van der Waals surface area contributed by atoms with Gasteiger partial charge in [-0.15, -0.1) is 0 Å². The Kier molecular flexibility index (Phi) is 5.50. The zero-order chi connectivity index (χ0) is 19.4. The fraction of sp³-hybridized carbons (Fsp3) is 0.389. The van der Waals surface area contributed by atoms with E-state index in [0.717, 1.165) is 5.56 Å². The van der Waals surface area contributed by atoms with Crippen LogP contribution in [-0.2, 0) is 7.05 Å². The molecule has 2 aromatic rings. The summed E-state index contributed by atoms with van der Waals surface area (Å²) >= 11 is 0. The smallest absolute Gasteiger partial charge is 0.255 e. The van der Waals surface area contributed by atoms with Crippen LogP contribution in [0.4, 0.5) is 8.78 Å². The first kappa shape index (κ1) is 19.0. The number of nitrogens with two attached hydrogens (primary N) is 1. The van der Waals surface area contributed by atoms with Crippen molar-refractivity contribution < 1.29 is 8.78 Å². The molecule has 1 atom stereocenters. The number of piperidine rings is 1. The highest BCUT2D eigenvalue weighted by Gasteiger charge is 2.41. The highest BCUT2D eigenvalue weighted by molar-refractivity contribution is 5.85. The molecule has 0 aliphatic carbocycles. The second-order valence-corrected chi connectivity index (χ2v) is 6.57. The van der Waals surface area contributed by atoms with E-state index < -0.39 is 11.8 Å². The molecule has 1 aliphatic rings. The molecule has 1 fully saturated rings. The first-order valence-electron chi connectivity index (χ1n) is 8.65. The Hall–Kier alpha value is -2.81. The molecule has 1 unspecified atom stereocenters. The van der Waals surface area contributed by atoms with Crippen molar-refractivity contribution in [3.05, 3.63) is 47.6 Å². The minimum atomic E-state index is -2.72. The van der Waals surface area contributed by atoms with Gasteiger partial charge in [0.2, 0.25) is 0 Å². The molecule has 144 valence electrons. The third-order valence-corrected chi connectivity index (χ3v) is 4.53. The molecule has 3 rings (SSSR count). The minimum absolute atomic E-state index is 0.0470.